The lowest BCUT2D eigenvalue weighted by Crippen LogP contribution is -2.58. The molecule has 4 aliphatic rings. The molecule has 5 heteroatoms. The number of allylic oxidation sites excluding steroid dienone is 3. The van der Waals surface area contributed by atoms with Crippen LogP contribution in [0.3, 0.4) is 0 Å². The Morgan fingerprint density at radius 2 is 2.07 bits per heavy atom. The Balaban J connectivity index is 1.86. The van der Waals surface area contributed by atoms with Gasteiger partial charge in [-0.05, 0) is 74.1 Å². The highest BCUT2D eigenvalue weighted by Crippen LogP contribution is 2.68. The van der Waals surface area contributed by atoms with Gasteiger partial charge in [0.05, 0.1) is 8.82 Å². The molecule has 0 aliphatic heterocycles. The molecule has 0 heterocycles. The molecule has 0 aromatic carbocycles. The van der Waals surface area contributed by atoms with Crippen LogP contribution in [0.5, 0.6) is 0 Å². The van der Waals surface area contributed by atoms with Gasteiger partial charge >= 0.3 is 5.97 Å². The van der Waals surface area contributed by atoms with Gasteiger partial charge in [0.15, 0.2) is 11.4 Å². The average molecular weight is 414 g/mol. The maximum Gasteiger partial charge on any atom is 0.303 e. The molecule has 4 rings (SSSR count). The minimum absolute atomic E-state index is 0.0655. The lowest BCUT2D eigenvalue weighted by atomic mass is 9.48. The molecule has 28 heavy (non-hydrogen) atoms. The number of halogens is 1. The Kier molecular flexibility index (Phi) is 3.04. The van der Waals surface area contributed by atoms with E-state index in [-0.39, 0.29) is 41.2 Å². The van der Waals surface area contributed by atoms with Crippen LogP contribution >= 0.6 is 11.6 Å². The number of ether oxygens (including phenoxy) is 1. The van der Waals surface area contributed by atoms with Gasteiger partial charge in [-0.3, -0.25) is 9.59 Å². The SMILES string of the molecule is [2H]C1=C2C(Cl)=C[C@@H]3[C@H](CC[C@@]4(C)[C@H]3CC[C@]4(OC(C)=O)C(=O)C([2H])([2H])[2H])[C@@]2(C)CC([2H])([2H])[C@]1([2H])O. The fourth-order valence-corrected chi connectivity index (χ4v) is 6.97. The molecule has 0 bridgehead atoms. The van der Waals surface area contributed by atoms with E-state index in [0.29, 0.717) is 19.3 Å². The summed E-state index contributed by atoms with van der Waals surface area (Å²) >= 11 is 6.67. The number of esters is 1. The number of carbonyl (C=O) groups is 2. The van der Waals surface area contributed by atoms with Crippen LogP contribution in [0.2, 0.25) is 0 Å². The van der Waals surface area contributed by atoms with Crippen molar-refractivity contribution in [3.05, 3.63) is 22.7 Å². The van der Waals surface area contributed by atoms with Crippen LogP contribution in [0.15, 0.2) is 22.7 Å². The van der Waals surface area contributed by atoms with Gasteiger partial charge in [-0.1, -0.05) is 37.6 Å². The highest BCUT2D eigenvalue weighted by molar-refractivity contribution is 6.32. The van der Waals surface area contributed by atoms with E-state index in [2.05, 4.69) is 0 Å². The monoisotopic (exact) mass is 413 g/mol. The molecule has 0 radical (unpaired) electrons. The van der Waals surface area contributed by atoms with Crippen molar-refractivity contribution >= 4 is 23.4 Å². The van der Waals surface area contributed by atoms with Crippen LogP contribution in [-0.4, -0.2) is 28.5 Å². The largest absolute Gasteiger partial charge is 0.451 e. The standard InChI is InChI=1S/C23H31ClO4/c1-13(25)23(28-14(2)26)10-7-18-16-12-20(24)19-11-15(27)5-8-21(19,3)17(16)6-9-22(18,23)4/h11-12,15-18,27H,5-10H2,1-4H3/t15-,16+,17-,18-,21+,22-,23-/m0/s1/i1D3,5D2,11D,15D. The van der Waals surface area contributed by atoms with Crippen molar-refractivity contribution in [1.82, 2.24) is 0 Å². The Bertz CT molecular complexity index is 1050. The average Bonchev–Trinajstić information content (AvgIpc) is 2.97. The van der Waals surface area contributed by atoms with Crippen LogP contribution in [0.25, 0.3) is 0 Å². The number of hydrogen-bond donors (Lipinski definition) is 1. The summed E-state index contributed by atoms with van der Waals surface area (Å²) in [6.45, 7) is 1.81. The molecule has 154 valence electrons. The van der Waals surface area contributed by atoms with Gasteiger partial charge in [0, 0.05) is 24.2 Å². The molecule has 0 amide bonds. The fourth-order valence-electron chi connectivity index (χ4n) is 6.57. The molecule has 2 fully saturated rings. The Labute approximate surface area is 182 Å². The van der Waals surface area contributed by atoms with Crippen molar-refractivity contribution in [2.75, 3.05) is 0 Å². The Morgan fingerprint density at radius 3 is 2.75 bits per heavy atom. The van der Waals surface area contributed by atoms with Crippen molar-refractivity contribution in [2.45, 2.75) is 77.8 Å². The van der Waals surface area contributed by atoms with Gasteiger partial charge in [0.2, 0.25) is 0 Å². The fraction of sp³-hybridized carbons (Fsp3) is 0.739. The number of fused-ring (bicyclic) bond motifs is 5. The van der Waals surface area contributed by atoms with Crippen LogP contribution in [-0.2, 0) is 14.3 Å². The van der Waals surface area contributed by atoms with Crippen LogP contribution in [0.4, 0.5) is 0 Å². The summed E-state index contributed by atoms with van der Waals surface area (Å²) in [4.78, 5) is 25.4. The summed E-state index contributed by atoms with van der Waals surface area (Å²) in [6, 6.07) is -0.553. The van der Waals surface area contributed by atoms with E-state index >= 15 is 0 Å². The molecule has 7 atom stereocenters. The van der Waals surface area contributed by atoms with Crippen molar-refractivity contribution in [2.24, 2.45) is 28.6 Å². The summed E-state index contributed by atoms with van der Waals surface area (Å²) in [5.74, 6) is -2.60. The van der Waals surface area contributed by atoms with Gasteiger partial charge in [-0.25, -0.2) is 0 Å². The third-order valence-electron chi connectivity index (χ3n) is 7.97. The topological polar surface area (TPSA) is 63.6 Å². The molecule has 0 aromatic rings. The van der Waals surface area contributed by atoms with Gasteiger partial charge in [0.1, 0.15) is 0 Å². The zero-order valence-corrected chi connectivity index (χ0v) is 17.2. The minimum Gasteiger partial charge on any atom is -0.451 e. The van der Waals surface area contributed by atoms with Crippen molar-refractivity contribution < 1.29 is 29.0 Å². The van der Waals surface area contributed by atoms with Gasteiger partial charge in [-0.2, -0.15) is 0 Å². The number of aliphatic hydroxyl groups is 1. The highest BCUT2D eigenvalue weighted by Gasteiger charge is 2.67. The Morgan fingerprint density at radius 1 is 1.36 bits per heavy atom. The van der Waals surface area contributed by atoms with E-state index < -0.39 is 53.5 Å². The van der Waals surface area contributed by atoms with Crippen molar-refractivity contribution in [3.63, 3.8) is 0 Å². The maximum atomic E-state index is 13.3. The number of Topliss-reactive ketones (excluding diaryl/α,β-unsaturated/α-hetero) is 1. The molecule has 0 saturated heterocycles. The summed E-state index contributed by atoms with van der Waals surface area (Å²) in [7, 11) is 0. The number of rotatable bonds is 2. The predicted molar refractivity (Wildman–Crippen MR) is 108 cm³/mol. The summed E-state index contributed by atoms with van der Waals surface area (Å²) in [5.41, 5.74) is -3.48. The molecule has 2 saturated carbocycles. The zero-order chi connectivity index (χ0) is 26.6. The van der Waals surface area contributed by atoms with Crippen LogP contribution in [0.1, 0.15) is 75.7 Å². The smallest absolute Gasteiger partial charge is 0.303 e. The zero-order valence-electron chi connectivity index (χ0n) is 23.4. The van der Waals surface area contributed by atoms with E-state index in [4.69, 9.17) is 25.9 Å². The van der Waals surface area contributed by atoms with Gasteiger partial charge in [0.25, 0.3) is 0 Å². The first-order valence-corrected chi connectivity index (χ1v) is 10.2. The normalized spacial score (nSPS) is 56.1. The highest BCUT2D eigenvalue weighted by atomic mass is 35.5. The van der Waals surface area contributed by atoms with E-state index in [1.54, 1.807) is 13.0 Å². The van der Waals surface area contributed by atoms with Gasteiger partial charge in [-0.15, -0.1) is 0 Å². The lowest BCUT2D eigenvalue weighted by molar-refractivity contribution is -0.185. The van der Waals surface area contributed by atoms with Crippen LogP contribution < -0.4 is 0 Å². The van der Waals surface area contributed by atoms with Crippen molar-refractivity contribution in [1.29, 1.82) is 0 Å². The number of hydrogen-bond acceptors (Lipinski definition) is 4. The molecule has 0 spiro atoms. The molecular formula is C23H31ClO4. The molecule has 4 nitrogen and oxygen atoms in total. The van der Waals surface area contributed by atoms with E-state index in [1.807, 2.05) is 6.92 Å². The van der Waals surface area contributed by atoms with E-state index in [1.165, 1.54) is 0 Å². The lowest BCUT2D eigenvalue weighted by Gasteiger charge is -2.58. The Hall–Kier alpha value is -1.13. The summed E-state index contributed by atoms with van der Waals surface area (Å²) < 4.78 is 62.4. The third-order valence-corrected chi connectivity index (χ3v) is 8.29. The second-order valence-corrected chi connectivity index (χ2v) is 9.58. The molecule has 1 N–H and O–H groups in total. The first kappa shape index (κ1) is 13.2. The minimum atomic E-state index is -2.95. The molecule has 4 aliphatic carbocycles. The first-order chi connectivity index (χ1) is 15.8. The van der Waals surface area contributed by atoms with Gasteiger partial charge < -0.3 is 9.84 Å². The summed E-state index contributed by atoms with van der Waals surface area (Å²) in [6.07, 6.45) is -2.33. The molecule has 0 unspecified atom stereocenters. The number of carbonyl (C=O) groups excluding carboxylic acids is 2. The quantitative estimate of drug-likeness (QED) is 0.675. The third kappa shape index (κ3) is 2.53. The van der Waals surface area contributed by atoms with E-state index in [0.717, 1.165) is 6.92 Å². The second-order valence-electron chi connectivity index (χ2n) is 9.17. The molecule has 0 aromatic heterocycles. The van der Waals surface area contributed by atoms with Crippen molar-refractivity contribution in [3.8, 4) is 0 Å². The predicted octanol–water partition coefficient (Wildman–Crippen LogP) is 4.54. The summed E-state index contributed by atoms with van der Waals surface area (Å²) in [5, 5.41) is 10.7. The van der Waals surface area contributed by atoms with E-state index in [9.17, 15) is 14.7 Å². The number of ketones is 1. The second kappa shape index (κ2) is 6.43. The maximum absolute atomic E-state index is 13.3. The molecular weight excluding hydrogens is 376 g/mol. The first-order valence-electron chi connectivity index (χ1n) is 13.3. The van der Waals surface area contributed by atoms with Crippen LogP contribution in [0, 0.1) is 28.6 Å².